The highest BCUT2D eigenvalue weighted by Crippen LogP contribution is 2.33. The van der Waals surface area contributed by atoms with Crippen molar-refractivity contribution in [2.24, 2.45) is 0 Å². The second-order valence-corrected chi connectivity index (χ2v) is 5.54. The number of alkyl halides is 2. The van der Waals surface area contributed by atoms with Crippen LogP contribution in [0.4, 0.5) is 8.78 Å². The van der Waals surface area contributed by atoms with Crippen LogP contribution in [0.2, 0.25) is 0 Å². The Morgan fingerprint density at radius 3 is 2.00 bits per heavy atom. The quantitative estimate of drug-likeness (QED) is 0.790. The first-order valence-corrected chi connectivity index (χ1v) is 7.25. The Morgan fingerprint density at radius 1 is 1.06 bits per heavy atom. The van der Waals surface area contributed by atoms with E-state index in [1.54, 1.807) is 0 Å². The molecule has 0 aromatic heterocycles. The average molecular weight is 262 g/mol. The van der Waals surface area contributed by atoms with E-state index in [2.05, 4.69) is 33.0 Å². The van der Waals surface area contributed by atoms with Gasteiger partial charge in [0.15, 0.2) is 0 Å². The van der Waals surface area contributed by atoms with Crippen molar-refractivity contribution in [3.63, 3.8) is 0 Å². The predicted molar refractivity (Wildman–Crippen MR) is 72.2 cm³/mol. The van der Waals surface area contributed by atoms with Crippen molar-refractivity contribution < 1.29 is 8.78 Å². The Bertz CT molecular complexity index is 248. The van der Waals surface area contributed by atoms with Crippen LogP contribution in [0.5, 0.6) is 0 Å². The molecule has 18 heavy (non-hydrogen) atoms. The van der Waals surface area contributed by atoms with E-state index in [-0.39, 0.29) is 17.6 Å². The normalized spacial score (nSPS) is 23.5. The molecule has 0 radical (unpaired) electrons. The third-order valence-electron chi connectivity index (χ3n) is 4.98. The van der Waals surface area contributed by atoms with Crippen molar-refractivity contribution in [3.05, 3.63) is 0 Å². The zero-order valence-corrected chi connectivity index (χ0v) is 12.2. The highest BCUT2D eigenvalue weighted by atomic mass is 19.3. The third-order valence-corrected chi connectivity index (χ3v) is 4.98. The van der Waals surface area contributed by atoms with Crippen LogP contribution in [-0.4, -0.2) is 42.0 Å². The molecule has 0 unspecified atom stereocenters. The van der Waals surface area contributed by atoms with Gasteiger partial charge in [-0.05, 0) is 25.7 Å². The van der Waals surface area contributed by atoms with E-state index < -0.39 is 6.43 Å². The van der Waals surface area contributed by atoms with Crippen molar-refractivity contribution in [1.82, 2.24) is 10.2 Å². The maximum absolute atomic E-state index is 12.8. The van der Waals surface area contributed by atoms with Gasteiger partial charge in [-0.15, -0.1) is 0 Å². The highest BCUT2D eigenvalue weighted by Gasteiger charge is 2.44. The fourth-order valence-electron chi connectivity index (χ4n) is 3.15. The minimum Gasteiger partial charge on any atom is -0.308 e. The van der Waals surface area contributed by atoms with Gasteiger partial charge in [0, 0.05) is 24.2 Å². The van der Waals surface area contributed by atoms with Gasteiger partial charge in [0.2, 0.25) is 0 Å². The predicted octanol–water partition coefficient (Wildman–Crippen LogP) is 3.27. The fraction of sp³-hybridized carbons (Fsp3) is 1.00. The van der Waals surface area contributed by atoms with Crippen LogP contribution >= 0.6 is 0 Å². The van der Waals surface area contributed by atoms with Gasteiger partial charge in [-0.3, -0.25) is 4.90 Å². The molecule has 2 nitrogen and oxygen atoms in total. The minimum atomic E-state index is -2.24. The molecule has 4 heteroatoms. The van der Waals surface area contributed by atoms with Gasteiger partial charge in [-0.1, -0.05) is 27.7 Å². The number of hydrogen-bond acceptors (Lipinski definition) is 2. The maximum atomic E-state index is 12.8. The van der Waals surface area contributed by atoms with Crippen LogP contribution in [0, 0.1) is 0 Å². The monoisotopic (exact) mass is 262 g/mol. The van der Waals surface area contributed by atoms with Crippen molar-refractivity contribution in [1.29, 1.82) is 0 Å². The van der Waals surface area contributed by atoms with Crippen LogP contribution in [0.25, 0.3) is 0 Å². The molecule has 0 saturated carbocycles. The largest absolute Gasteiger partial charge is 0.308 e. The van der Waals surface area contributed by atoms with Crippen LogP contribution in [0.15, 0.2) is 0 Å². The summed E-state index contributed by atoms with van der Waals surface area (Å²) in [6.07, 6.45) is 1.59. The van der Waals surface area contributed by atoms with Crippen molar-refractivity contribution in [2.45, 2.75) is 70.9 Å². The molecule has 0 bridgehead atoms. The van der Waals surface area contributed by atoms with Crippen LogP contribution < -0.4 is 5.32 Å². The Balaban J connectivity index is 2.91. The van der Waals surface area contributed by atoms with Crippen LogP contribution in [-0.2, 0) is 0 Å². The molecule has 1 saturated heterocycles. The van der Waals surface area contributed by atoms with Gasteiger partial charge in [0.1, 0.15) is 0 Å². The van der Waals surface area contributed by atoms with E-state index in [0.29, 0.717) is 0 Å². The van der Waals surface area contributed by atoms with E-state index in [0.717, 1.165) is 38.8 Å². The average Bonchev–Trinajstić information content (AvgIpc) is 2.38. The summed E-state index contributed by atoms with van der Waals surface area (Å²) in [6, 6.07) is 0. The lowest BCUT2D eigenvalue weighted by molar-refractivity contribution is -0.0392. The second kappa shape index (κ2) is 6.29. The van der Waals surface area contributed by atoms with Gasteiger partial charge < -0.3 is 5.32 Å². The Kier molecular flexibility index (Phi) is 5.53. The molecule has 108 valence electrons. The third kappa shape index (κ3) is 3.02. The molecule has 0 atom stereocenters. The Morgan fingerprint density at radius 2 is 1.61 bits per heavy atom. The lowest BCUT2D eigenvalue weighted by Crippen LogP contribution is -2.70. The van der Waals surface area contributed by atoms with Gasteiger partial charge in [0.25, 0.3) is 6.43 Å². The minimum absolute atomic E-state index is 0.0166. The summed E-state index contributed by atoms with van der Waals surface area (Å²) in [7, 11) is 0. The number of rotatable bonds is 6. The van der Waals surface area contributed by atoms with Gasteiger partial charge in [-0.2, -0.15) is 0 Å². The summed E-state index contributed by atoms with van der Waals surface area (Å²) in [4.78, 5) is 2.04. The molecule has 0 aromatic rings. The maximum Gasteiger partial charge on any atom is 0.251 e. The van der Waals surface area contributed by atoms with E-state index in [1.807, 2.05) is 4.90 Å². The molecule has 0 amide bonds. The Labute approximate surface area is 110 Å². The van der Waals surface area contributed by atoms with Crippen LogP contribution in [0.1, 0.15) is 53.4 Å². The summed E-state index contributed by atoms with van der Waals surface area (Å²) >= 11 is 0. The second-order valence-electron chi connectivity index (χ2n) is 5.54. The smallest absolute Gasteiger partial charge is 0.251 e. The van der Waals surface area contributed by atoms with E-state index in [4.69, 9.17) is 0 Å². The summed E-state index contributed by atoms with van der Waals surface area (Å²) in [5, 5.41) is 3.64. The van der Waals surface area contributed by atoms with Gasteiger partial charge in [0.05, 0.1) is 6.54 Å². The molecule has 1 aliphatic rings. The highest BCUT2D eigenvalue weighted by molar-refractivity contribution is 5.03. The van der Waals surface area contributed by atoms with Crippen molar-refractivity contribution in [2.75, 3.05) is 19.6 Å². The zero-order chi connectivity index (χ0) is 13.8. The van der Waals surface area contributed by atoms with E-state index in [1.165, 1.54) is 0 Å². The lowest BCUT2D eigenvalue weighted by atomic mass is 9.80. The molecule has 0 spiro atoms. The first-order chi connectivity index (χ1) is 8.47. The van der Waals surface area contributed by atoms with E-state index in [9.17, 15) is 8.78 Å². The van der Waals surface area contributed by atoms with Crippen LogP contribution in [0.3, 0.4) is 0 Å². The molecule has 1 fully saturated rings. The standard InChI is InChI=1S/C14H28F2N2/c1-5-13(6-2)11-18(9-12(15)16)14(7-3,8-4)10-17-13/h12,17H,5-11H2,1-4H3. The fourth-order valence-corrected chi connectivity index (χ4v) is 3.15. The van der Waals surface area contributed by atoms with Gasteiger partial charge in [-0.25, -0.2) is 8.78 Å². The molecule has 1 N–H and O–H groups in total. The first kappa shape index (κ1) is 15.8. The van der Waals surface area contributed by atoms with E-state index >= 15 is 0 Å². The summed E-state index contributed by atoms with van der Waals surface area (Å²) < 4.78 is 25.7. The summed E-state index contributed by atoms with van der Waals surface area (Å²) in [5.74, 6) is 0. The zero-order valence-electron chi connectivity index (χ0n) is 12.2. The molecule has 0 aromatic carbocycles. The molecule has 1 heterocycles. The molecule has 1 aliphatic heterocycles. The summed E-state index contributed by atoms with van der Waals surface area (Å²) in [5.41, 5.74) is -0.0764. The van der Waals surface area contributed by atoms with Gasteiger partial charge >= 0.3 is 0 Å². The number of nitrogens with zero attached hydrogens (tertiary/aromatic N) is 1. The topological polar surface area (TPSA) is 15.3 Å². The molecule has 1 rings (SSSR count). The van der Waals surface area contributed by atoms with Crippen molar-refractivity contribution >= 4 is 0 Å². The number of piperazine rings is 1. The summed E-state index contributed by atoms with van der Waals surface area (Å²) in [6.45, 7) is 9.97. The first-order valence-electron chi connectivity index (χ1n) is 7.25. The van der Waals surface area contributed by atoms with Crippen molar-refractivity contribution in [3.8, 4) is 0 Å². The number of hydrogen-bond donors (Lipinski definition) is 1. The number of halogens is 2. The molecule has 0 aliphatic carbocycles. The number of nitrogens with one attached hydrogen (secondary N) is 1. The molecular weight excluding hydrogens is 234 g/mol. The lowest BCUT2D eigenvalue weighted by Gasteiger charge is -2.54. The Hall–Kier alpha value is -0.220. The SMILES string of the molecule is CCC1(CC)CN(CC(F)F)C(CC)(CC)CN1. The molecular formula is C14H28F2N2.